The van der Waals surface area contributed by atoms with E-state index in [1.807, 2.05) is 24.6 Å². The third-order valence-electron chi connectivity index (χ3n) is 3.93. The highest BCUT2D eigenvalue weighted by atomic mass is 35.5. The number of aromatic nitrogens is 1. The molecule has 2 aromatic rings. The average molecular weight is 381 g/mol. The van der Waals surface area contributed by atoms with Gasteiger partial charge < -0.3 is 14.0 Å². The Morgan fingerprint density at radius 2 is 2.36 bits per heavy atom. The highest BCUT2D eigenvalue weighted by molar-refractivity contribution is 7.09. The zero-order chi connectivity index (χ0) is 17.8. The second kappa shape index (κ2) is 8.17. The molecule has 0 unspecified atom stereocenters. The van der Waals surface area contributed by atoms with Crippen LogP contribution in [0.1, 0.15) is 35.0 Å². The van der Waals surface area contributed by atoms with Gasteiger partial charge in [0.1, 0.15) is 5.75 Å². The highest BCUT2D eigenvalue weighted by Crippen LogP contribution is 2.24. The number of ether oxygens (including phenoxy) is 2. The molecule has 7 heteroatoms. The van der Waals surface area contributed by atoms with Gasteiger partial charge in [-0.3, -0.25) is 4.79 Å². The van der Waals surface area contributed by atoms with Crippen LogP contribution in [0.15, 0.2) is 29.4 Å². The summed E-state index contributed by atoms with van der Waals surface area (Å²) in [6, 6.07) is 5.01. The van der Waals surface area contributed by atoms with E-state index in [0.29, 0.717) is 34.3 Å². The molecule has 3 rings (SSSR count). The van der Waals surface area contributed by atoms with Gasteiger partial charge in [-0.05, 0) is 44.9 Å². The molecule has 134 valence electrons. The fourth-order valence-electron chi connectivity index (χ4n) is 2.83. The molecule has 2 heterocycles. The summed E-state index contributed by atoms with van der Waals surface area (Å²) in [6.07, 6.45) is 4.32. The summed E-state index contributed by atoms with van der Waals surface area (Å²) < 4.78 is 13.2. The van der Waals surface area contributed by atoms with Crippen molar-refractivity contribution in [3.05, 3.63) is 44.7 Å². The molecule has 1 aromatic heterocycles. The molecular weight excluding hydrogens is 360 g/mol. The van der Waals surface area contributed by atoms with E-state index in [1.54, 1.807) is 18.2 Å². The van der Waals surface area contributed by atoms with Crippen molar-refractivity contribution in [1.82, 2.24) is 4.57 Å². The van der Waals surface area contributed by atoms with E-state index < -0.39 is 0 Å². The standard InChI is InChI=1S/C18H21ClN2O3S/c1-3-23-16-7-6-13(19)9-15(16)17(22)20-18-21(10-12(2)25-18)11-14-5-4-8-24-14/h6-7,9-10,14H,3-5,8,11H2,1-2H3/b20-18-/t14-/m1/s1. The summed E-state index contributed by atoms with van der Waals surface area (Å²) in [7, 11) is 0. The Morgan fingerprint density at radius 3 is 3.08 bits per heavy atom. The predicted octanol–water partition coefficient (Wildman–Crippen LogP) is 3.83. The first-order valence-electron chi connectivity index (χ1n) is 8.36. The summed E-state index contributed by atoms with van der Waals surface area (Å²) >= 11 is 7.53. The van der Waals surface area contributed by atoms with Crippen LogP contribution in [0.5, 0.6) is 5.75 Å². The number of carbonyl (C=O) groups excluding carboxylic acids is 1. The summed E-state index contributed by atoms with van der Waals surface area (Å²) in [5.74, 6) is 0.147. The zero-order valence-corrected chi connectivity index (χ0v) is 15.9. The number of benzene rings is 1. The van der Waals surface area contributed by atoms with E-state index in [2.05, 4.69) is 4.99 Å². The molecule has 5 nitrogen and oxygen atoms in total. The van der Waals surface area contributed by atoms with Gasteiger partial charge in [-0.15, -0.1) is 11.3 Å². The molecule has 0 N–H and O–H groups in total. The van der Waals surface area contributed by atoms with Crippen LogP contribution in [0.3, 0.4) is 0 Å². The van der Waals surface area contributed by atoms with E-state index in [9.17, 15) is 4.79 Å². The van der Waals surface area contributed by atoms with Crippen molar-refractivity contribution >= 4 is 28.8 Å². The number of rotatable bonds is 5. The normalized spacial score (nSPS) is 17.9. The van der Waals surface area contributed by atoms with Gasteiger partial charge in [0.25, 0.3) is 5.91 Å². The number of halogens is 1. The Morgan fingerprint density at radius 1 is 1.52 bits per heavy atom. The van der Waals surface area contributed by atoms with Crippen molar-refractivity contribution in [2.45, 2.75) is 39.3 Å². The summed E-state index contributed by atoms with van der Waals surface area (Å²) in [4.78, 5) is 18.8. The van der Waals surface area contributed by atoms with Crippen molar-refractivity contribution in [2.24, 2.45) is 4.99 Å². The number of thiazole rings is 1. The minimum Gasteiger partial charge on any atom is -0.493 e. The smallest absolute Gasteiger partial charge is 0.283 e. The van der Waals surface area contributed by atoms with Gasteiger partial charge in [-0.25, -0.2) is 0 Å². The third-order valence-corrected chi connectivity index (χ3v) is 5.10. The second-order valence-electron chi connectivity index (χ2n) is 5.90. The lowest BCUT2D eigenvalue weighted by Crippen LogP contribution is -2.23. The molecule has 1 atom stereocenters. The van der Waals surface area contributed by atoms with Gasteiger partial charge >= 0.3 is 0 Å². The number of amides is 1. The molecule has 0 saturated carbocycles. The molecule has 1 saturated heterocycles. The molecule has 1 aromatic carbocycles. The van der Waals surface area contributed by atoms with Crippen molar-refractivity contribution in [3.63, 3.8) is 0 Å². The van der Waals surface area contributed by atoms with Gasteiger partial charge in [0.05, 0.1) is 24.8 Å². The summed E-state index contributed by atoms with van der Waals surface area (Å²) in [6.45, 7) is 5.87. The van der Waals surface area contributed by atoms with Gasteiger partial charge in [-0.1, -0.05) is 11.6 Å². The molecule has 1 fully saturated rings. The van der Waals surface area contributed by atoms with E-state index >= 15 is 0 Å². The zero-order valence-electron chi connectivity index (χ0n) is 14.3. The molecule has 0 radical (unpaired) electrons. The van der Waals surface area contributed by atoms with E-state index in [1.165, 1.54) is 11.3 Å². The monoisotopic (exact) mass is 380 g/mol. The lowest BCUT2D eigenvalue weighted by atomic mass is 10.2. The quantitative estimate of drug-likeness (QED) is 0.792. The minimum atomic E-state index is -0.353. The van der Waals surface area contributed by atoms with E-state index in [4.69, 9.17) is 21.1 Å². The lowest BCUT2D eigenvalue weighted by Gasteiger charge is -2.10. The molecule has 0 spiro atoms. The van der Waals surface area contributed by atoms with Crippen molar-refractivity contribution in [1.29, 1.82) is 0 Å². The first-order chi connectivity index (χ1) is 12.1. The molecule has 0 aliphatic carbocycles. The van der Waals surface area contributed by atoms with E-state index in [-0.39, 0.29) is 12.0 Å². The van der Waals surface area contributed by atoms with Crippen LogP contribution in [-0.2, 0) is 11.3 Å². The van der Waals surface area contributed by atoms with Gasteiger partial charge in [0.15, 0.2) is 4.80 Å². The fraction of sp³-hybridized carbons (Fsp3) is 0.444. The average Bonchev–Trinajstić information content (AvgIpc) is 3.20. The minimum absolute atomic E-state index is 0.188. The number of aryl methyl sites for hydroxylation is 1. The number of carbonyl (C=O) groups is 1. The summed E-state index contributed by atoms with van der Waals surface area (Å²) in [5.41, 5.74) is 0.379. The van der Waals surface area contributed by atoms with Crippen LogP contribution in [0.2, 0.25) is 5.02 Å². The van der Waals surface area contributed by atoms with Crippen molar-refractivity contribution in [2.75, 3.05) is 13.2 Å². The van der Waals surface area contributed by atoms with Crippen LogP contribution in [0.4, 0.5) is 0 Å². The largest absolute Gasteiger partial charge is 0.493 e. The Bertz CT molecular complexity index is 822. The predicted molar refractivity (Wildman–Crippen MR) is 98.5 cm³/mol. The number of hydrogen-bond donors (Lipinski definition) is 0. The van der Waals surface area contributed by atoms with Crippen molar-refractivity contribution < 1.29 is 14.3 Å². The number of nitrogens with zero attached hydrogens (tertiary/aromatic N) is 2. The number of hydrogen-bond acceptors (Lipinski definition) is 4. The molecule has 1 amide bonds. The molecule has 25 heavy (non-hydrogen) atoms. The van der Waals surface area contributed by atoms with Crippen LogP contribution in [0.25, 0.3) is 0 Å². The van der Waals surface area contributed by atoms with Crippen LogP contribution >= 0.6 is 22.9 Å². The van der Waals surface area contributed by atoms with Gasteiger partial charge in [-0.2, -0.15) is 4.99 Å². The Labute approximate surface area is 155 Å². The first kappa shape index (κ1) is 18.2. The first-order valence-corrected chi connectivity index (χ1v) is 9.56. The maximum absolute atomic E-state index is 12.7. The molecule has 1 aliphatic heterocycles. The highest BCUT2D eigenvalue weighted by Gasteiger charge is 2.18. The van der Waals surface area contributed by atoms with E-state index in [0.717, 1.165) is 24.3 Å². The second-order valence-corrected chi connectivity index (χ2v) is 7.55. The Hall–Kier alpha value is -1.63. The van der Waals surface area contributed by atoms with Gasteiger partial charge in [0, 0.05) is 22.7 Å². The molecule has 1 aliphatic rings. The maximum atomic E-state index is 12.7. The Kier molecular flexibility index (Phi) is 5.93. The van der Waals surface area contributed by atoms with Crippen LogP contribution in [0, 0.1) is 6.92 Å². The Balaban J connectivity index is 1.92. The summed E-state index contributed by atoms with van der Waals surface area (Å²) in [5, 5.41) is 0.483. The van der Waals surface area contributed by atoms with Crippen LogP contribution < -0.4 is 9.54 Å². The molecular formula is C18H21ClN2O3S. The van der Waals surface area contributed by atoms with Crippen LogP contribution in [-0.4, -0.2) is 29.8 Å². The van der Waals surface area contributed by atoms with Gasteiger partial charge in [0.2, 0.25) is 0 Å². The topological polar surface area (TPSA) is 52.8 Å². The SMILES string of the molecule is CCOc1ccc(Cl)cc1C(=O)/N=c1\sc(C)cn1C[C@H]1CCCO1. The fourth-order valence-corrected chi connectivity index (χ4v) is 3.84. The third kappa shape index (κ3) is 4.51. The lowest BCUT2D eigenvalue weighted by molar-refractivity contribution is 0.0948. The van der Waals surface area contributed by atoms with Crippen molar-refractivity contribution in [3.8, 4) is 5.75 Å². The molecule has 0 bridgehead atoms. The maximum Gasteiger partial charge on any atom is 0.283 e.